The lowest BCUT2D eigenvalue weighted by molar-refractivity contribution is 0.0694. The second-order valence-electron chi connectivity index (χ2n) is 8.11. The van der Waals surface area contributed by atoms with Crippen LogP contribution in [0.25, 0.3) is 5.57 Å². The van der Waals surface area contributed by atoms with Gasteiger partial charge in [-0.1, -0.05) is 41.9 Å². The first kappa shape index (κ1) is 20.7. The van der Waals surface area contributed by atoms with Gasteiger partial charge in [0.05, 0.1) is 25.8 Å². The Morgan fingerprint density at radius 3 is 2.53 bits per heavy atom. The van der Waals surface area contributed by atoms with E-state index in [0.717, 1.165) is 29.2 Å². The van der Waals surface area contributed by atoms with Crippen molar-refractivity contribution in [2.24, 2.45) is 0 Å². The Labute approximate surface area is 193 Å². The van der Waals surface area contributed by atoms with Crippen molar-refractivity contribution in [1.29, 1.82) is 0 Å². The second-order valence-corrected chi connectivity index (χ2v) is 8.54. The van der Waals surface area contributed by atoms with Crippen molar-refractivity contribution in [3.8, 4) is 11.5 Å². The van der Waals surface area contributed by atoms with Crippen molar-refractivity contribution in [2.45, 2.75) is 18.9 Å². The molecule has 1 unspecified atom stereocenters. The molecule has 4 nitrogen and oxygen atoms in total. The van der Waals surface area contributed by atoms with E-state index in [1.807, 2.05) is 47.4 Å². The van der Waals surface area contributed by atoms with Gasteiger partial charge in [-0.15, -0.1) is 0 Å². The van der Waals surface area contributed by atoms with E-state index in [-0.39, 0.29) is 11.9 Å². The van der Waals surface area contributed by atoms with Gasteiger partial charge in [-0.05, 0) is 77.1 Å². The van der Waals surface area contributed by atoms with Crippen LogP contribution in [0, 0.1) is 0 Å². The standard InChI is InChI=1S/C27H24ClNO3/c1-31-20-11-8-17(9-12-20)26-24-15-18-7-10-19(28)16-23(18)21(24)13-14-29(26)27(30)22-5-3-4-6-25(22)32-2/h3-12,16,26H,13-15H2,1-2H3. The van der Waals surface area contributed by atoms with Crippen molar-refractivity contribution in [3.63, 3.8) is 0 Å². The van der Waals surface area contributed by atoms with Crippen LogP contribution in [0.5, 0.6) is 11.5 Å². The predicted octanol–water partition coefficient (Wildman–Crippen LogP) is 5.95. The number of hydrogen-bond donors (Lipinski definition) is 0. The van der Waals surface area contributed by atoms with E-state index in [2.05, 4.69) is 24.3 Å². The van der Waals surface area contributed by atoms with E-state index in [1.165, 1.54) is 22.3 Å². The molecule has 0 fully saturated rings. The smallest absolute Gasteiger partial charge is 0.258 e. The van der Waals surface area contributed by atoms with Crippen molar-refractivity contribution in [3.05, 3.63) is 99.6 Å². The zero-order valence-corrected chi connectivity index (χ0v) is 18.9. The Morgan fingerprint density at radius 1 is 1.00 bits per heavy atom. The fourth-order valence-electron chi connectivity index (χ4n) is 4.94. The van der Waals surface area contributed by atoms with Crippen molar-refractivity contribution >= 4 is 23.1 Å². The highest BCUT2D eigenvalue weighted by Crippen LogP contribution is 2.48. The third-order valence-corrected chi connectivity index (χ3v) is 6.67. The van der Waals surface area contributed by atoms with Crippen LogP contribution < -0.4 is 9.47 Å². The lowest BCUT2D eigenvalue weighted by atomic mass is 9.87. The number of carbonyl (C=O) groups is 1. The third kappa shape index (κ3) is 3.45. The molecular formula is C27H24ClNO3. The van der Waals surface area contributed by atoms with Crippen LogP contribution in [0.4, 0.5) is 0 Å². The summed E-state index contributed by atoms with van der Waals surface area (Å²) in [6.07, 6.45) is 1.62. The fraction of sp³-hybridized carbons (Fsp3) is 0.222. The molecule has 3 aromatic rings. The molecule has 0 aromatic heterocycles. The van der Waals surface area contributed by atoms with E-state index in [9.17, 15) is 4.79 Å². The average molecular weight is 446 g/mol. The van der Waals surface area contributed by atoms with Gasteiger partial charge in [-0.25, -0.2) is 0 Å². The summed E-state index contributed by atoms with van der Waals surface area (Å²) in [5.74, 6) is 1.36. The first-order chi connectivity index (χ1) is 15.6. The largest absolute Gasteiger partial charge is 0.497 e. The number of amides is 1. The summed E-state index contributed by atoms with van der Waals surface area (Å²) in [5.41, 5.74) is 6.71. The third-order valence-electron chi connectivity index (χ3n) is 6.44. The maximum Gasteiger partial charge on any atom is 0.258 e. The molecule has 1 amide bonds. The minimum Gasteiger partial charge on any atom is -0.497 e. The average Bonchev–Trinajstić information content (AvgIpc) is 3.20. The summed E-state index contributed by atoms with van der Waals surface area (Å²) in [6.45, 7) is 0.623. The van der Waals surface area contributed by atoms with Crippen molar-refractivity contribution in [1.82, 2.24) is 4.90 Å². The number of para-hydroxylation sites is 1. The number of ether oxygens (including phenoxy) is 2. The molecule has 0 saturated heterocycles. The van der Waals surface area contributed by atoms with Crippen LogP contribution in [-0.4, -0.2) is 31.6 Å². The Hall–Kier alpha value is -3.24. The minimum atomic E-state index is -0.159. The highest BCUT2D eigenvalue weighted by Gasteiger charge is 2.38. The van der Waals surface area contributed by atoms with E-state index in [1.54, 1.807) is 14.2 Å². The van der Waals surface area contributed by atoms with Crippen LogP contribution in [0.2, 0.25) is 5.02 Å². The molecule has 1 aliphatic heterocycles. The second kappa shape index (κ2) is 8.36. The Morgan fingerprint density at radius 2 is 1.78 bits per heavy atom. The quantitative estimate of drug-likeness (QED) is 0.497. The Kier molecular flexibility index (Phi) is 5.40. The highest BCUT2D eigenvalue weighted by atomic mass is 35.5. The molecule has 5 heteroatoms. The zero-order chi connectivity index (χ0) is 22.2. The van der Waals surface area contributed by atoms with Crippen LogP contribution in [0.15, 0.2) is 72.3 Å². The number of methoxy groups -OCH3 is 2. The van der Waals surface area contributed by atoms with Crippen LogP contribution >= 0.6 is 11.6 Å². The minimum absolute atomic E-state index is 0.0243. The highest BCUT2D eigenvalue weighted by molar-refractivity contribution is 6.30. The lowest BCUT2D eigenvalue weighted by Crippen LogP contribution is -2.39. The molecule has 162 valence electrons. The van der Waals surface area contributed by atoms with Gasteiger partial charge in [-0.2, -0.15) is 0 Å². The molecule has 0 spiro atoms. The van der Waals surface area contributed by atoms with Crippen LogP contribution in [0.1, 0.15) is 39.5 Å². The summed E-state index contributed by atoms with van der Waals surface area (Å²) in [4.78, 5) is 15.8. The van der Waals surface area contributed by atoms with Gasteiger partial charge in [0.2, 0.25) is 0 Å². The zero-order valence-electron chi connectivity index (χ0n) is 18.1. The monoisotopic (exact) mass is 445 g/mol. The molecule has 1 heterocycles. The summed E-state index contributed by atoms with van der Waals surface area (Å²) >= 11 is 6.32. The van der Waals surface area contributed by atoms with Gasteiger partial charge >= 0.3 is 0 Å². The molecule has 3 aromatic carbocycles. The van der Waals surface area contributed by atoms with Crippen LogP contribution in [0.3, 0.4) is 0 Å². The molecule has 0 saturated carbocycles. The van der Waals surface area contributed by atoms with E-state index in [4.69, 9.17) is 21.1 Å². The number of carbonyl (C=O) groups excluding carboxylic acids is 1. The molecule has 5 rings (SSSR count). The Bertz CT molecular complexity index is 1220. The molecule has 0 radical (unpaired) electrons. The number of benzene rings is 3. The van der Waals surface area contributed by atoms with Gasteiger partial charge in [-0.3, -0.25) is 4.79 Å². The number of hydrogen-bond acceptors (Lipinski definition) is 3. The first-order valence-electron chi connectivity index (χ1n) is 10.7. The molecule has 1 aliphatic carbocycles. The van der Waals surface area contributed by atoms with Crippen molar-refractivity contribution in [2.75, 3.05) is 20.8 Å². The lowest BCUT2D eigenvalue weighted by Gasteiger charge is -2.38. The summed E-state index contributed by atoms with van der Waals surface area (Å²) in [6, 6.07) is 21.4. The number of fused-ring (bicyclic) bond motifs is 2. The number of nitrogens with zero attached hydrogens (tertiary/aromatic N) is 1. The SMILES string of the molecule is COc1ccc(C2C3=C(CCN2C(=O)c2ccccc2OC)c2cc(Cl)ccc2C3)cc1. The van der Waals surface area contributed by atoms with Crippen molar-refractivity contribution < 1.29 is 14.3 Å². The number of rotatable bonds is 4. The van der Waals surface area contributed by atoms with Crippen LogP contribution in [-0.2, 0) is 6.42 Å². The topological polar surface area (TPSA) is 38.8 Å². The van der Waals surface area contributed by atoms with Gasteiger partial charge in [0.1, 0.15) is 11.5 Å². The maximum atomic E-state index is 13.8. The van der Waals surface area contributed by atoms with E-state index >= 15 is 0 Å². The van der Waals surface area contributed by atoms with Gasteiger partial charge in [0, 0.05) is 11.6 Å². The summed E-state index contributed by atoms with van der Waals surface area (Å²) < 4.78 is 10.8. The van der Waals surface area contributed by atoms with Gasteiger partial charge in [0.15, 0.2) is 0 Å². The number of halogens is 1. The molecule has 1 atom stereocenters. The van der Waals surface area contributed by atoms with Gasteiger partial charge in [0.25, 0.3) is 5.91 Å². The molecule has 0 bridgehead atoms. The molecule has 2 aliphatic rings. The molecule has 32 heavy (non-hydrogen) atoms. The van der Waals surface area contributed by atoms with E-state index < -0.39 is 0 Å². The summed E-state index contributed by atoms with van der Waals surface area (Å²) in [7, 11) is 3.26. The molecule has 0 N–H and O–H groups in total. The summed E-state index contributed by atoms with van der Waals surface area (Å²) in [5, 5.41) is 0.742. The van der Waals surface area contributed by atoms with Gasteiger partial charge < -0.3 is 14.4 Å². The molecular weight excluding hydrogens is 422 g/mol. The predicted molar refractivity (Wildman–Crippen MR) is 126 cm³/mol. The first-order valence-corrected chi connectivity index (χ1v) is 11.1. The Balaban J connectivity index is 1.61. The van der Waals surface area contributed by atoms with E-state index in [0.29, 0.717) is 17.9 Å². The normalized spacial score (nSPS) is 17.1. The maximum absolute atomic E-state index is 13.8. The fourth-order valence-corrected chi connectivity index (χ4v) is 5.11.